The van der Waals surface area contributed by atoms with Crippen molar-refractivity contribution in [1.29, 1.82) is 0 Å². The minimum Gasteiger partial charge on any atom is -0.350 e. The number of amides is 1. The molecule has 4 nitrogen and oxygen atoms in total. The fraction of sp³-hybridized carbons (Fsp3) is 0.250. The normalized spacial score (nSPS) is 9.50. The van der Waals surface area contributed by atoms with Gasteiger partial charge in [0.15, 0.2) is 0 Å². The number of nitrogens with one attached hydrogen (secondary N) is 1. The van der Waals surface area contributed by atoms with Crippen molar-refractivity contribution >= 4 is 16.8 Å². The zero-order chi connectivity index (χ0) is 12.1. The summed E-state index contributed by atoms with van der Waals surface area (Å²) in [6, 6.07) is 8.45. The van der Waals surface area contributed by atoms with Crippen molar-refractivity contribution in [2.24, 2.45) is 7.05 Å². The Kier molecular flexibility index (Phi) is 4.08. The molecule has 86 valence electrons. The molecule has 4 heteroatoms. The van der Waals surface area contributed by atoms with Crippen molar-refractivity contribution in [2.75, 3.05) is 0 Å². The first-order valence-electron chi connectivity index (χ1n) is 4.97. The van der Waals surface area contributed by atoms with Gasteiger partial charge in [-0.2, -0.15) is 0 Å². The van der Waals surface area contributed by atoms with Gasteiger partial charge in [0.05, 0.1) is 0 Å². The van der Waals surface area contributed by atoms with Crippen LogP contribution in [0.2, 0.25) is 0 Å². The highest BCUT2D eigenvalue weighted by atomic mass is 16.5. The molecule has 2 N–H and O–H groups in total. The molecule has 0 aliphatic rings. The third kappa shape index (κ3) is 2.84. The maximum atomic E-state index is 9.45. The molecule has 1 aromatic heterocycles. The van der Waals surface area contributed by atoms with Gasteiger partial charge in [-0.1, -0.05) is 18.2 Å². The zero-order valence-corrected chi connectivity index (χ0v) is 9.69. The second-order valence-corrected chi connectivity index (χ2v) is 3.61. The Hall–Kier alpha value is -1.81. The molecular weight excluding hydrogens is 204 g/mol. The van der Waals surface area contributed by atoms with Crippen LogP contribution in [0.5, 0.6) is 0 Å². The highest BCUT2D eigenvalue weighted by Crippen LogP contribution is 2.18. The largest absolute Gasteiger partial charge is 0.350 e. The first kappa shape index (κ1) is 12.3. The fourth-order valence-corrected chi connectivity index (χ4v) is 1.54. The molecule has 0 aliphatic carbocycles. The van der Waals surface area contributed by atoms with Gasteiger partial charge in [0.25, 0.3) is 0 Å². The fourth-order valence-electron chi connectivity index (χ4n) is 1.54. The van der Waals surface area contributed by atoms with Crippen molar-refractivity contribution in [1.82, 2.24) is 10.0 Å². The van der Waals surface area contributed by atoms with E-state index in [1.54, 1.807) is 0 Å². The van der Waals surface area contributed by atoms with E-state index in [0.29, 0.717) is 0 Å². The summed E-state index contributed by atoms with van der Waals surface area (Å²) in [5, 5.41) is 8.90. The third-order valence-corrected chi connectivity index (χ3v) is 2.25. The number of fused-ring (bicyclic) bond motifs is 1. The molecule has 1 aromatic carbocycles. The standard InChI is InChI=1S/C10H11N.C2H5NO2/c1-8-7-11(2)10-6-4-3-5-9(8)10;1-2(4)3-5/h3-7H,1-2H3;5H,1H3,(H,3,4). The summed E-state index contributed by atoms with van der Waals surface area (Å²) in [4.78, 5) is 9.45. The van der Waals surface area contributed by atoms with Crippen molar-refractivity contribution in [3.05, 3.63) is 36.0 Å². The first-order valence-corrected chi connectivity index (χ1v) is 4.97. The summed E-state index contributed by atoms with van der Waals surface area (Å²) in [5.41, 5.74) is 4.05. The van der Waals surface area contributed by atoms with Crippen LogP contribution in [0.25, 0.3) is 10.9 Å². The Labute approximate surface area is 94.5 Å². The third-order valence-electron chi connectivity index (χ3n) is 2.25. The maximum absolute atomic E-state index is 9.45. The van der Waals surface area contributed by atoms with E-state index < -0.39 is 5.91 Å². The predicted octanol–water partition coefficient (Wildman–Crippen LogP) is 2.00. The van der Waals surface area contributed by atoms with Gasteiger partial charge >= 0.3 is 0 Å². The predicted molar refractivity (Wildman–Crippen MR) is 63.3 cm³/mol. The van der Waals surface area contributed by atoms with Gasteiger partial charge in [0, 0.05) is 31.1 Å². The number of aryl methyl sites for hydroxylation is 2. The second kappa shape index (κ2) is 5.32. The average molecular weight is 220 g/mol. The van der Waals surface area contributed by atoms with E-state index in [9.17, 15) is 4.79 Å². The number of aromatic nitrogens is 1. The number of nitrogens with zero attached hydrogens (tertiary/aromatic N) is 1. The molecule has 2 rings (SSSR count). The Morgan fingerprint density at radius 2 is 1.94 bits per heavy atom. The zero-order valence-electron chi connectivity index (χ0n) is 9.69. The van der Waals surface area contributed by atoms with Gasteiger partial charge in [0.2, 0.25) is 5.91 Å². The van der Waals surface area contributed by atoms with Crippen LogP contribution >= 0.6 is 0 Å². The first-order chi connectivity index (χ1) is 7.56. The molecule has 16 heavy (non-hydrogen) atoms. The monoisotopic (exact) mass is 220 g/mol. The van der Waals surface area contributed by atoms with E-state index in [1.165, 1.54) is 28.9 Å². The number of carbonyl (C=O) groups is 1. The number of benzene rings is 1. The summed E-state index contributed by atoms with van der Waals surface area (Å²) >= 11 is 0. The number of hydrogen-bond acceptors (Lipinski definition) is 2. The highest BCUT2D eigenvalue weighted by Gasteiger charge is 1.98. The van der Waals surface area contributed by atoms with Gasteiger partial charge < -0.3 is 4.57 Å². The summed E-state index contributed by atoms with van der Waals surface area (Å²) < 4.78 is 2.16. The Bertz CT molecular complexity index is 453. The van der Waals surface area contributed by atoms with Gasteiger partial charge in [0.1, 0.15) is 0 Å². The number of para-hydroxylation sites is 1. The molecule has 2 aromatic rings. The minimum atomic E-state index is -0.440. The Morgan fingerprint density at radius 3 is 2.44 bits per heavy atom. The van der Waals surface area contributed by atoms with Crippen LogP contribution < -0.4 is 5.48 Å². The molecule has 0 saturated heterocycles. The van der Waals surface area contributed by atoms with Crippen molar-refractivity contribution in [3.63, 3.8) is 0 Å². The van der Waals surface area contributed by atoms with Crippen LogP contribution in [0.4, 0.5) is 0 Å². The molecule has 0 aliphatic heterocycles. The molecule has 1 amide bonds. The van der Waals surface area contributed by atoms with Gasteiger partial charge in [-0.15, -0.1) is 0 Å². The summed E-state index contributed by atoms with van der Waals surface area (Å²) in [5.74, 6) is -0.440. The quantitative estimate of drug-likeness (QED) is 0.527. The molecule has 0 atom stereocenters. The topological polar surface area (TPSA) is 54.3 Å². The highest BCUT2D eigenvalue weighted by molar-refractivity contribution is 5.83. The molecular formula is C12H16N2O2. The van der Waals surface area contributed by atoms with Gasteiger partial charge in [-0.3, -0.25) is 10.0 Å². The lowest BCUT2D eigenvalue weighted by Gasteiger charge is -1.92. The number of hydroxylamine groups is 1. The van der Waals surface area contributed by atoms with Crippen LogP contribution in [-0.4, -0.2) is 15.7 Å². The number of hydrogen-bond donors (Lipinski definition) is 2. The lowest BCUT2D eigenvalue weighted by Crippen LogP contribution is -2.12. The summed E-state index contributed by atoms with van der Waals surface area (Å²) in [7, 11) is 2.08. The van der Waals surface area contributed by atoms with Crippen LogP contribution in [-0.2, 0) is 11.8 Å². The number of rotatable bonds is 0. The lowest BCUT2D eigenvalue weighted by atomic mass is 10.2. The van der Waals surface area contributed by atoms with Crippen LogP contribution in [0.1, 0.15) is 12.5 Å². The molecule has 1 heterocycles. The molecule has 0 saturated carbocycles. The smallest absolute Gasteiger partial charge is 0.240 e. The molecule has 0 spiro atoms. The van der Waals surface area contributed by atoms with Gasteiger partial charge in [-0.25, -0.2) is 5.48 Å². The van der Waals surface area contributed by atoms with Crippen LogP contribution in [0.3, 0.4) is 0 Å². The van der Waals surface area contributed by atoms with E-state index in [2.05, 4.69) is 49.0 Å². The van der Waals surface area contributed by atoms with E-state index >= 15 is 0 Å². The van der Waals surface area contributed by atoms with E-state index in [-0.39, 0.29) is 0 Å². The van der Waals surface area contributed by atoms with Crippen molar-refractivity contribution in [2.45, 2.75) is 13.8 Å². The summed E-state index contributed by atoms with van der Waals surface area (Å²) in [6.07, 6.45) is 2.16. The second-order valence-electron chi connectivity index (χ2n) is 3.61. The molecule has 0 bridgehead atoms. The Morgan fingerprint density at radius 1 is 1.38 bits per heavy atom. The average Bonchev–Trinajstić information content (AvgIpc) is 2.56. The maximum Gasteiger partial charge on any atom is 0.240 e. The minimum absolute atomic E-state index is 0.440. The molecule has 0 unspecified atom stereocenters. The van der Waals surface area contributed by atoms with Crippen molar-refractivity contribution < 1.29 is 10.0 Å². The SMILES string of the molecule is CC(=O)NO.Cc1cn(C)c2ccccc12. The Balaban J connectivity index is 0.000000221. The van der Waals surface area contributed by atoms with E-state index in [4.69, 9.17) is 5.21 Å². The molecule has 0 radical (unpaired) electrons. The van der Waals surface area contributed by atoms with Crippen LogP contribution in [0, 0.1) is 6.92 Å². The van der Waals surface area contributed by atoms with Crippen LogP contribution in [0.15, 0.2) is 30.5 Å². The van der Waals surface area contributed by atoms with E-state index in [0.717, 1.165) is 0 Å². The van der Waals surface area contributed by atoms with E-state index in [1.807, 2.05) is 0 Å². The lowest BCUT2D eigenvalue weighted by molar-refractivity contribution is -0.126. The summed E-state index contributed by atoms with van der Waals surface area (Å²) in [6.45, 7) is 3.36. The van der Waals surface area contributed by atoms with Crippen molar-refractivity contribution in [3.8, 4) is 0 Å². The molecule has 0 fully saturated rings. The number of carbonyl (C=O) groups excluding carboxylic acids is 1. The van der Waals surface area contributed by atoms with Gasteiger partial charge in [-0.05, 0) is 18.6 Å².